The standard InChI is InChI=1S/C22H26F3N5O3/c23-22(24,25)18-10-13-26-20(27-18)29-28-19(32)21(11-6-1-2-7-12-21)15-30(16-31)33-14-17-8-4-3-5-9-17/h3-5,8-10,13,16H,1-2,6-7,11-12,14-15H2,(H,28,32)(H,26,27,29). The lowest BCUT2D eigenvalue weighted by Crippen LogP contribution is -2.49. The first-order chi connectivity index (χ1) is 15.8. The van der Waals surface area contributed by atoms with E-state index in [0.717, 1.165) is 48.6 Å². The van der Waals surface area contributed by atoms with Gasteiger partial charge in [-0.3, -0.25) is 25.3 Å². The van der Waals surface area contributed by atoms with Gasteiger partial charge in [-0.25, -0.2) is 15.0 Å². The zero-order valence-electron chi connectivity index (χ0n) is 18.0. The van der Waals surface area contributed by atoms with Crippen LogP contribution in [0, 0.1) is 5.41 Å². The zero-order chi connectivity index (χ0) is 23.7. The molecule has 11 heteroatoms. The number of anilines is 1. The summed E-state index contributed by atoms with van der Waals surface area (Å²) in [5.41, 5.74) is 3.59. The van der Waals surface area contributed by atoms with E-state index in [0.29, 0.717) is 19.3 Å². The molecule has 2 N–H and O–H groups in total. The van der Waals surface area contributed by atoms with E-state index in [4.69, 9.17) is 4.84 Å². The summed E-state index contributed by atoms with van der Waals surface area (Å²) >= 11 is 0. The summed E-state index contributed by atoms with van der Waals surface area (Å²) in [7, 11) is 0. The molecule has 2 amide bonds. The van der Waals surface area contributed by atoms with E-state index >= 15 is 0 Å². The van der Waals surface area contributed by atoms with Crippen LogP contribution in [-0.4, -0.2) is 33.9 Å². The highest BCUT2D eigenvalue weighted by Gasteiger charge is 2.41. The number of hydrazine groups is 1. The van der Waals surface area contributed by atoms with Crippen LogP contribution in [0.4, 0.5) is 19.1 Å². The topological polar surface area (TPSA) is 96.5 Å². The molecule has 1 heterocycles. The van der Waals surface area contributed by atoms with Crippen molar-refractivity contribution in [2.45, 2.75) is 51.3 Å². The van der Waals surface area contributed by atoms with E-state index in [-0.39, 0.29) is 19.1 Å². The van der Waals surface area contributed by atoms with Gasteiger partial charge in [-0.05, 0) is 24.5 Å². The van der Waals surface area contributed by atoms with Crippen LogP contribution in [0.2, 0.25) is 0 Å². The van der Waals surface area contributed by atoms with Gasteiger partial charge in [0.15, 0.2) is 0 Å². The Labute approximate surface area is 189 Å². The zero-order valence-corrected chi connectivity index (χ0v) is 18.0. The van der Waals surface area contributed by atoms with Gasteiger partial charge in [-0.1, -0.05) is 56.0 Å². The summed E-state index contributed by atoms with van der Waals surface area (Å²) in [6.07, 6.45) is 1.32. The van der Waals surface area contributed by atoms with Gasteiger partial charge < -0.3 is 0 Å². The second-order valence-electron chi connectivity index (χ2n) is 7.98. The Morgan fingerprint density at radius 1 is 1.12 bits per heavy atom. The lowest BCUT2D eigenvalue weighted by atomic mass is 9.79. The predicted molar refractivity (Wildman–Crippen MR) is 113 cm³/mol. The molecule has 0 saturated heterocycles. The van der Waals surface area contributed by atoms with Gasteiger partial charge in [0.2, 0.25) is 18.3 Å². The molecular weight excluding hydrogens is 439 g/mol. The number of halogens is 3. The second kappa shape index (κ2) is 11.1. The maximum absolute atomic E-state index is 13.2. The number of aromatic nitrogens is 2. The van der Waals surface area contributed by atoms with Gasteiger partial charge >= 0.3 is 6.18 Å². The highest BCUT2D eigenvalue weighted by molar-refractivity contribution is 5.84. The Bertz CT molecular complexity index is 919. The van der Waals surface area contributed by atoms with Gasteiger partial charge in [-0.2, -0.15) is 13.2 Å². The van der Waals surface area contributed by atoms with Crippen LogP contribution in [0.15, 0.2) is 42.6 Å². The van der Waals surface area contributed by atoms with Crippen molar-refractivity contribution in [1.29, 1.82) is 0 Å². The third kappa shape index (κ3) is 6.88. The summed E-state index contributed by atoms with van der Waals surface area (Å²) < 4.78 is 38.7. The number of hydrogen-bond acceptors (Lipinski definition) is 6. The summed E-state index contributed by atoms with van der Waals surface area (Å²) in [6.45, 7) is 0.175. The molecule has 1 aliphatic rings. The predicted octanol–water partition coefficient (Wildman–Crippen LogP) is 3.87. The van der Waals surface area contributed by atoms with Gasteiger partial charge in [0.25, 0.3) is 0 Å². The molecule has 0 aliphatic heterocycles. The molecule has 0 spiro atoms. The van der Waals surface area contributed by atoms with E-state index in [9.17, 15) is 22.8 Å². The van der Waals surface area contributed by atoms with Crippen LogP contribution in [0.25, 0.3) is 0 Å². The first-order valence-electron chi connectivity index (χ1n) is 10.7. The molecule has 0 unspecified atom stereocenters. The summed E-state index contributed by atoms with van der Waals surface area (Å²) in [5, 5.41) is 1.11. The van der Waals surface area contributed by atoms with Crippen molar-refractivity contribution < 1.29 is 27.6 Å². The number of carbonyl (C=O) groups excluding carboxylic acids is 2. The van der Waals surface area contributed by atoms with E-state index in [1.165, 1.54) is 0 Å². The quantitative estimate of drug-likeness (QED) is 0.332. The number of rotatable bonds is 9. The normalized spacial score (nSPS) is 15.8. The van der Waals surface area contributed by atoms with Crippen molar-refractivity contribution in [3.63, 3.8) is 0 Å². The molecule has 33 heavy (non-hydrogen) atoms. The third-order valence-corrected chi connectivity index (χ3v) is 5.59. The molecule has 2 aromatic rings. The Balaban J connectivity index is 1.69. The van der Waals surface area contributed by atoms with Crippen LogP contribution in [-0.2, 0) is 27.2 Å². The van der Waals surface area contributed by atoms with Crippen molar-refractivity contribution in [2.24, 2.45) is 5.41 Å². The molecule has 1 aromatic carbocycles. The minimum Gasteiger partial charge on any atom is -0.276 e. The van der Waals surface area contributed by atoms with Crippen molar-refractivity contribution in [3.05, 3.63) is 53.9 Å². The van der Waals surface area contributed by atoms with Gasteiger partial charge in [0, 0.05) is 6.20 Å². The molecule has 178 valence electrons. The Hall–Kier alpha value is -3.21. The average molecular weight is 465 g/mol. The average Bonchev–Trinajstić information content (AvgIpc) is 3.07. The van der Waals surface area contributed by atoms with Gasteiger partial charge in [-0.15, -0.1) is 0 Å². The number of benzene rings is 1. The summed E-state index contributed by atoms with van der Waals surface area (Å²) in [5.74, 6) is -0.838. The molecular formula is C22H26F3N5O3. The number of hydroxylamine groups is 2. The van der Waals surface area contributed by atoms with Crippen LogP contribution in [0.5, 0.6) is 0 Å². The second-order valence-corrected chi connectivity index (χ2v) is 7.98. The van der Waals surface area contributed by atoms with Crippen molar-refractivity contribution >= 4 is 18.3 Å². The van der Waals surface area contributed by atoms with Gasteiger partial charge in [0.1, 0.15) is 12.3 Å². The molecule has 0 atom stereocenters. The number of alkyl halides is 3. The number of amides is 2. The maximum Gasteiger partial charge on any atom is 0.433 e. The minimum absolute atomic E-state index is 0.0142. The highest BCUT2D eigenvalue weighted by Crippen LogP contribution is 2.36. The largest absolute Gasteiger partial charge is 0.433 e. The fourth-order valence-corrected chi connectivity index (χ4v) is 3.83. The van der Waals surface area contributed by atoms with E-state index in [1.54, 1.807) is 0 Å². The molecule has 0 radical (unpaired) electrons. The van der Waals surface area contributed by atoms with Gasteiger partial charge in [0.05, 0.1) is 12.0 Å². The van der Waals surface area contributed by atoms with E-state index < -0.39 is 23.2 Å². The molecule has 1 fully saturated rings. The lowest BCUT2D eigenvalue weighted by Gasteiger charge is -2.34. The van der Waals surface area contributed by atoms with Crippen molar-refractivity contribution in [1.82, 2.24) is 20.5 Å². The third-order valence-electron chi connectivity index (χ3n) is 5.59. The smallest absolute Gasteiger partial charge is 0.276 e. The van der Waals surface area contributed by atoms with Crippen LogP contribution in [0.3, 0.4) is 0 Å². The van der Waals surface area contributed by atoms with Crippen molar-refractivity contribution in [3.8, 4) is 0 Å². The van der Waals surface area contributed by atoms with Crippen LogP contribution >= 0.6 is 0 Å². The number of carbonyl (C=O) groups is 2. The summed E-state index contributed by atoms with van der Waals surface area (Å²) in [4.78, 5) is 37.6. The molecule has 1 saturated carbocycles. The van der Waals surface area contributed by atoms with Crippen LogP contribution < -0.4 is 10.9 Å². The Kier molecular flexibility index (Phi) is 8.21. The first-order valence-corrected chi connectivity index (χ1v) is 10.7. The fourth-order valence-electron chi connectivity index (χ4n) is 3.83. The fraction of sp³-hybridized carbons (Fsp3) is 0.455. The molecule has 1 aromatic heterocycles. The first kappa shape index (κ1) is 24.4. The Morgan fingerprint density at radius 2 is 1.82 bits per heavy atom. The van der Waals surface area contributed by atoms with E-state index in [1.807, 2.05) is 30.3 Å². The number of hydrogen-bond donors (Lipinski definition) is 2. The van der Waals surface area contributed by atoms with E-state index in [2.05, 4.69) is 20.8 Å². The maximum atomic E-state index is 13.2. The number of nitrogens with zero attached hydrogens (tertiary/aromatic N) is 3. The Morgan fingerprint density at radius 3 is 2.45 bits per heavy atom. The molecule has 0 bridgehead atoms. The number of nitrogens with one attached hydrogen (secondary N) is 2. The SMILES string of the molecule is O=CN(CC1(C(=O)NNc2nccc(C(F)(F)F)n2)CCCCCC1)OCc1ccccc1. The monoisotopic (exact) mass is 465 g/mol. The highest BCUT2D eigenvalue weighted by atomic mass is 19.4. The van der Waals surface area contributed by atoms with Crippen LogP contribution in [0.1, 0.15) is 49.8 Å². The molecule has 1 aliphatic carbocycles. The lowest BCUT2D eigenvalue weighted by molar-refractivity contribution is -0.189. The molecule has 3 rings (SSSR count). The summed E-state index contributed by atoms with van der Waals surface area (Å²) in [6, 6.07) is 10.0. The minimum atomic E-state index is -4.63. The van der Waals surface area contributed by atoms with Crippen molar-refractivity contribution in [2.75, 3.05) is 12.0 Å². The molecule has 8 nitrogen and oxygen atoms in total.